The minimum Gasteiger partial charge on any atom is -0.493 e. The first kappa shape index (κ1) is 14.6. The van der Waals surface area contributed by atoms with Gasteiger partial charge in [0.25, 0.3) is 10.0 Å². The van der Waals surface area contributed by atoms with Crippen LogP contribution in [0.25, 0.3) is 0 Å². The third-order valence-electron chi connectivity index (χ3n) is 3.25. The normalized spacial score (nSPS) is 14.0. The molecule has 0 radical (unpaired) electrons. The first-order valence-corrected chi connectivity index (χ1v) is 8.69. The van der Waals surface area contributed by atoms with Gasteiger partial charge in [0, 0.05) is 23.0 Å². The second-order valence-corrected chi connectivity index (χ2v) is 7.46. The lowest BCUT2D eigenvalue weighted by molar-refractivity contribution is 0.353. The maximum atomic E-state index is 12.2. The van der Waals surface area contributed by atoms with Gasteiger partial charge in [0.05, 0.1) is 12.8 Å². The van der Waals surface area contributed by atoms with Gasteiger partial charge in [-0.25, -0.2) is 18.1 Å². The molecular weight excluding hydrogens is 358 g/mol. The summed E-state index contributed by atoms with van der Waals surface area (Å²) in [6.07, 6.45) is 2.15. The van der Waals surface area contributed by atoms with E-state index < -0.39 is 10.0 Å². The average Bonchev–Trinajstić information content (AvgIpc) is 3.04. The molecule has 2 N–H and O–H groups in total. The van der Waals surface area contributed by atoms with Crippen molar-refractivity contribution in [1.82, 2.24) is 14.7 Å². The molecule has 1 aromatic heterocycles. The van der Waals surface area contributed by atoms with E-state index in [9.17, 15) is 8.42 Å². The first-order valence-electron chi connectivity index (χ1n) is 6.41. The summed E-state index contributed by atoms with van der Waals surface area (Å²) in [4.78, 5) is 6.62. The van der Waals surface area contributed by atoms with Crippen molar-refractivity contribution in [1.29, 1.82) is 0 Å². The Bertz CT molecular complexity index is 786. The SMILES string of the molecule is Cc1ncc(S(=O)(=O)NCc2cc(Br)cc3c2OCC3)[nH]1. The number of hydrogen-bond acceptors (Lipinski definition) is 4. The maximum Gasteiger partial charge on any atom is 0.257 e. The van der Waals surface area contributed by atoms with Crippen molar-refractivity contribution in [3.8, 4) is 5.75 Å². The Balaban J connectivity index is 1.82. The largest absolute Gasteiger partial charge is 0.493 e. The summed E-state index contributed by atoms with van der Waals surface area (Å²) >= 11 is 3.44. The molecule has 0 saturated carbocycles. The third kappa shape index (κ3) is 2.97. The van der Waals surface area contributed by atoms with Gasteiger partial charge in [-0.15, -0.1) is 0 Å². The van der Waals surface area contributed by atoms with Crippen LogP contribution in [-0.4, -0.2) is 25.0 Å². The predicted octanol–water partition coefficient (Wildman–Crippen LogP) is 1.89. The Morgan fingerprint density at radius 2 is 2.29 bits per heavy atom. The van der Waals surface area contributed by atoms with Gasteiger partial charge in [-0.3, -0.25) is 0 Å². The summed E-state index contributed by atoms with van der Waals surface area (Å²) < 4.78 is 33.4. The number of aromatic amines is 1. The molecule has 6 nitrogen and oxygen atoms in total. The van der Waals surface area contributed by atoms with E-state index in [2.05, 4.69) is 30.6 Å². The molecule has 0 saturated heterocycles. The lowest BCUT2D eigenvalue weighted by Crippen LogP contribution is -2.23. The Morgan fingerprint density at radius 3 is 3.00 bits per heavy atom. The number of ether oxygens (including phenoxy) is 1. The minimum absolute atomic E-state index is 0.0626. The Labute approximate surface area is 131 Å². The van der Waals surface area contributed by atoms with Crippen molar-refractivity contribution in [2.45, 2.75) is 24.9 Å². The van der Waals surface area contributed by atoms with Crippen LogP contribution >= 0.6 is 15.9 Å². The van der Waals surface area contributed by atoms with Gasteiger partial charge < -0.3 is 9.72 Å². The van der Waals surface area contributed by atoms with Gasteiger partial charge in [0.15, 0.2) is 5.03 Å². The van der Waals surface area contributed by atoms with E-state index in [1.54, 1.807) is 6.92 Å². The molecule has 2 aromatic rings. The molecule has 0 spiro atoms. The molecule has 8 heteroatoms. The first-order chi connectivity index (χ1) is 9.95. The molecule has 21 heavy (non-hydrogen) atoms. The highest BCUT2D eigenvalue weighted by Gasteiger charge is 2.21. The van der Waals surface area contributed by atoms with E-state index in [0.717, 1.165) is 27.8 Å². The van der Waals surface area contributed by atoms with Gasteiger partial charge >= 0.3 is 0 Å². The monoisotopic (exact) mass is 371 g/mol. The summed E-state index contributed by atoms with van der Waals surface area (Å²) in [6, 6.07) is 3.86. The van der Waals surface area contributed by atoms with Crippen LogP contribution in [-0.2, 0) is 23.0 Å². The number of hydrogen-bond donors (Lipinski definition) is 2. The second-order valence-electron chi connectivity index (χ2n) is 4.81. The van der Waals surface area contributed by atoms with Crippen LogP contribution in [0.15, 0.2) is 27.8 Å². The number of nitrogens with zero attached hydrogens (tertiary/aromatic N) is 1. The summed E-state index contributed by atoms with van der Waals surface area (Å²) in [7, 11) is -3.61. The van der Waals surface area contributed by atoms with Crippen LogP contribution in [0, 0.1) is 6.92 Å². The Hall–Kier alpha value is -1.38. The molecular formula is C13H14BrN3O3S. The van der Waals surface area contributed by atoms with Gasteiger partial charge in [0.1, 0.15) is 11.6 Å². The predicted molar refractivity (Wildman–Crippen MR) is 80.7 cm³/mol. The van der Waals surface area contributed by atoms with Crippen molar-refractivity contribution >= 4 is 26.0 Å². The molecule has 0 unspecified atom stereocenters. The molecule has 0 aliphatic carbocycles. The summed E-state index contributed by atoms with van der Waals surface area (Å²) in [6.45, 7) is 2.50. The average molecular weight is 372 g/mol. The van der Waals surface area contributed by atoms with E-state index in [-0.39, 0.29) is 11.6 Å². The number of imidazole rings is 1. The molecule has 0 fully saturated rings. The standard InChI is InChI=1S/C13H14BrN3O3S/c1-8-15-7-12(17-8)21(18,19)16-6-10-5-11(14)4-9-2-3-20-13(9)10/h4-5,7,16H,2-3,6H2,1H3,(H,15,17). The Morgan fingerprint density at radius 1 is 1.48 bits per heavy atom. The fraction of sp³-hybridized carbons (Fsp3) is 0.308. The molecule has 0 amide bonds. The highest BCUT2D eigenvalue weighted by Crippen LogP contribution is 2.33. The van der Waals surface area contributed by atoms with Gasteiger partial charge in [-0.1, -0.05) is 15.9 Å². The molecule has 1 aromatic carbocycles. The number of rotatable bonds is 4. The third-order valence-corrected chi connectivity index (χ3v) is 5.02. The number of fused-ring (bicyclic) bond motifs is 1. The molecule has 1 aliphatic heterocycles. The second kappa shape index (κ2) is 5.43. The number of halogens is 1. The smallest absolute Gasteiger partial charge is 0.257 e. The van der Waals surface area contributed by atoms with Crippen LogP contribution < -0.4 is 9.46 Å². The minimum atomic E-state index is -3.61. The summed E-state index contributed by atoms with van der Waals surface area (Å²) in [5, 5.41) is 0.0626. The molecule has 3 rings (SSSR count). The molecule has 112 valence electrons. The molecule has 2 heterocycles. The van der Waals surface area contributed by atoms with Crippen LogP contribution in [0.3, 0.4) is 0 Å². The van der Waals surface area contributed by atoms with E-state index in [1.165, 1.54) is 6.20 Å². The number of sulfonamides is 1. The number of aryl methyl sites for hydroxylation is 1. The summed E-state index contributed by atoms with van der Waals surface area (Å²) in [5.74, 6) is 1.34. The van der Waals surface area contributed by atoms with E-state index in [1.807, 2.05) is 12.1 Å². The number of benzene rings is 1. The van der Waals surface area contributed by atoms with Gasteiger partial charge in [0.2, 0.25) is 0 Å². The lowest BCUT2D eigenvalue weighted by Gasteiger charge is -2.10. The van der Waals surface area contributed by atoms with Crippen LogP contribution in [0.5, 0.6) is 5.75 Å². The number of nitrogens with one attached hydrogen (secondary N) is 2. The van der Waals surface area contributed by atoms with Crippen LogP contribution in [0.1, 0.15) is 17.0 Å². The van der Waals surface area contributed by atoms with Gasteiger partial charge in [-0.2, -0.15) is 0 Å². The van der Waals surface area contributed by atoms with Crippen LogP contribution in [0.2, 0.25) is 0 Å². The molecule has 0 atom stereocenters. The fourth-order valence-electron chi connectivity index (χ4n) is 2.26. The zero-order valence-corrected chi connectivity index (χ0v) is 13.7. The van der Waals surface area contributed by atoms with E-state index in [4.69, 9.17) is 4.74 Å². The highest BCUT2D eigenvalue weighted by molar-refractivity contribution is 9.10. The molecule has 1 aliphatic rings. The van der Waals surface area contributed by atoms with Crippen molar-refractivity contribution in [3.63, 3.8) is 0 Å². The van der Waals surface area contributed by atoms with E-state index in [0.29, 0.717) is 12.4 Å². The van der Waals surface area contributed by atoms with Crippen LogP contribution in [0.4, 0.5) is 0 Å². The highest BCUT2D eigenvalue weighted by atomic mass is 79.9. The van der Waals surface area contributed by atoms with Crippen molar-refractivity contribution in [2.24, 2.45) is 0 Å². The fourth-order valence-corrected chi connectivity index (χ4v) is 3.79. The zero-order valence-electron chi connectivity index (χ0n) is 11.3. The van der Waals surface area contributed by atoms with Crippen molar-refractivity contribution < 1.29 is 13.2 Å². The number of H-pyrrole nitrogens is 1. The van der Waals surface area contributed by atoms with Gasteiger partial charge in [-0.05, 0) is 24.6 Å². The number of aromatic nitrogens is 2. The lowest BCUT2D eigenvalue weighted by atomic mass is 10.1. The quantitative estimate of drug-likeness (QED) is 0.859. The van der Waals surface area contributed by atoms with Crippen molar-refractivity contribution in [2.75, 3.05) is 6.61 Å². The Kier molecular flexibility index (Phi) is 3.76. The van der Waals surface area contributed by atoms with E-state index >= 15 is 0 Å². The molecule has 0 bridgehead atoms. The summed E-state index contributed by atoms with van der Waals surface area (Å²) in [5.41, 5.74) is 1.91. The maximum absolute atomic E-state index is 12.2. The van der Waals surface area contributed by atoms with Crippen molar-refractivity contribution in [3.05, 3.63) is 39.8 Å². The topological polar surface area (TPSA) is 84.1 Å². The zero-order chi connectivity index (χ0) is 15.0.